The Balaban J connectivity index is 1.34. The van der Waals surface area contributed by atoms with Gasteiger partial charge in [-0.25, -0.2) is 0 Å². The first-order chi connectivity index (χ1) is 12.7. The van der Waals surface area contributed by atoms with E-state index in [-0.39, 0.29) is 23.8 Å². The van der Waals surface area contributed by atoms with E-state index in [0.29, 0.717) is 18.0 Å². The topological polar surface area (TPSA) is 90.1 Å². The Labute approximate surface area is 154 Å². The number of hydrogen-bond donors (Lipinski definition) is 3. The number of likely N-dealkylation sites (tertiary alicyclic amines) is 1. The number of aromatic amines is 1. The highest BCUT2D eigenvalue weighted by molar-refractivity contribution is 5.95. The molecule has 2 aliphatic heterocycles. The molecule has 1 aromatic rings. The zero-order chi connectivity index (χ0) is 17.9. The number of aromatic nitrogens is 2. The molecule has 2 atom stereocenters. The lowest BCUT2D eigenvalue weighted by Gasteiger charge is -2.23. The summed E-state index contributed by atoms with van der Waals surface area (Å²) >= 11 is 0. The maximum atomic E-state index is 12.8. The summed E-state index contributed by atoms with van der Waals surface area (Å²) in [6.45, 7) is 3.32. The van der Waals surface area contributed by atoms with Crippen LogP contribution in [0.15, 0.2) is 6.20 Å². The van der Waals surface area contributed by atoms with E-state index in [1.165, 1.54) is 12.8 Å². The zero-order valence-electron chi connectivity index (χ0n) is 15.3. The van der Waals surface area contributed by atoms with Crippen molar-refractivity contribution >= 4 is 11.8 Å². The van der Waals surface area contributed by atoms with Gasteiger partial charge in [0.25, 0.3) is 5.91 Å². The van der Waals surface area contributed by atoms with Crippen molar-refractivity contribution in [1.29, 1.82) is 0 Å². The largest absolute Gasteiger partial charge is 0.347 e. The van der Waals surface area contributed by atoms with Crippen LogP contribution in [0.1, 0.15) is 66.9 Å². The van der Waals surface area contributed by atoms with Crippen molar-refractivity contribution in [3.05, 3.63) is 17.5 Å². The van der Waals surface area contributed by atoms with Gasteiger partial charge in [-0.15, -0.1) is 0 Å². The third kappa shape index (κ3) is 3.63. The molecule has 0 bridgehead atoms. The Morgan fingerprint density at radius 1 is 1.15 bits per heavy atom. The predicted octanol–water partition coefficient (Wildman–Crippen LogP) is 1.40. The van der Waals surface area contributed by atoms with Crippen molar-refractivity contribution in [2.24, 2.45) is 5.92 Å². The second-order valence-corrected chi connectivity index (χ2v) is 7.97. The standard InChI is InChI=1S/C19H29N5O2/c25-18(16-11-21-23-17(16)14-6-3-8-20-10-14)22-15-7-9-24(12-15)19(26)13-4-1-2-5-13/h11,13-15,20H,1-10,12H2,(H,21,23)(H,22,25). The lowest BCUT2D eigenvalue weighted by molar-refractivity contribution is -0.134. The van der Waals surface area contributed by atoms with Crippen molar-refractivity contribution in [2.75, 3.05) is 26.2 Å². The van der Waals surface area contributed by atoms with E-state index >= 15 is 0 Å². The molecule has 1 saturated carbocycles. The molecular weight excluding hydrogens is 330 g/mol. The van der Waals surface area contributed by atoms with Crippen LogP contribution in [0.2, 0.25) is 0 Å². The minimum absolute atomic E-state index is 0.0417. The van der Waals surface area contributed by atoms with Gasteiger partial charge in [0.2, 0.25) is 5.91 Å². The summed E-state index contributed by atoms with van der Waals surface area (Å²) in [5.41, 5.74) is 1.59. The molecule has 26 heavy (non-hydrogen) atoms. The summed E-state index contributed by atoms with van der Waals surface area (Å²) in [5, 5.41) is 13.6. The van der Waals surface area contributed by atoms with E-state index in [1.807, 2.05) is 4.90 Å². The molecule has 2 amide bonds. The van der Waals surface area contributed by atoms with Crippen LogP contribution >= 0.6 is 0 Å². The number of nitrogens with zero attached hydrogens (tertiary/aromatic N) is 2. The van der Waals surface area contributed by atoms with E-state index in [9.17, 15) is 9.59 Å². The highest BCUT2D eigenvalue weighted by atomic mass is 16.2. The molecular formula is C19H29N5O2. The molecule has 0 radical (unpaired) electrons. The first kappa shape index (κ1) is 17.5. The zero-order valence-corrected chi connectivity index (χ0v) is 15.3. The van der Waals surface area contributed by atoms with E-state index in [1.54, 1.807) is 6.20 Å². The molecule has 3 N–H and O–H groups in total. The van der Waals surface area contributed by atoms with Crippen molar-refractivity contribution < 1.29 is 9.59 Å². The quantitative estimate of drug-likeness (QED) is 0.758. The summed E-state index contributed by atoms with van der Waals surface area (Å²) in [5.74, 6) is 0.746. The third-order valence-electron chi connectivity index (χ3n) is 6.16. The van der Waals surface area contributed by atoms with Crippen LogP contribution in [0.5, 0.6) is 0 Å². The number of hydrogen-bond acceptors (Lipinski definition) is 4. The van der Waals surface area contributed by atoms with Crippen molar-refractivity contribution in [2.45, 2.75) is 56.9 Å². The van der Waals surface area contributed by atoms with Gasteiger partial charge in [-0.3, -0.25) is 14.7 Å². The molecule has 2 saturated heterocycles. The van der Waals surface area contributed by atoms with Crippen LogP contribution in [0.25, 0.3) is 0 Å². The Hall–Kier alpha value is -1.89. The lowest BCUT2D eigenvalue weighted by atomic mass is 9.93. The summed E-state index contributed by atoms with van der Waals surface area (Å²) in [4.78, 5) is 27.3. The van der Waals surface area contributed by atoms with Crippen LogP contribution in [-0.4, -0.2) is 59.1 Å². The average Bonchev–Trinajstić information content (AvgIpc) is 3.42. The molecule has 3 aliphatic rings. The summed E-state index contributed by atoms with van der Waals surface area (Å²) in [6.07, 6.45) is 9.06. The fourth-order valence-electron chi connectivity index (χ4n) is 4.66. The average molecular weight is 359 g/mol. The molecule has 0 aromatic carbocycles. The van der Waals surface area contributed by atoms with E-state index in [0.717, 1.165) is 57.4 Å². The second-order valence-electron chi connectivity index (χ2n) is 7.97. The molecule has 7 heteroatoms. The maximum absolute atomic E-state index is 12.8. The summed E-state index contributed by atoms with van der Waals surface area (Å²) in [7, 11) is 0. The smallest absolute Gasteiger partial charge is 0.255 e. The molecule has 2 unspecified atom stereocenters. The van der Waals surface area contributed by atoms with Gasteiger partial charge >= 0.3 is 0 Å². The predicted molar refractivity (Wildman–Crippen MR) is 97.8 cm³/mol. The number of amides is 2. The Morgan fingerprint density at radius 3 is 2.77 bits per heavy atom. The van der Waals surface area contributed by atoms with Gasteiger partial charge in [-0.1, -0.05) is 12.8 Å². The van der Waals surface area contributed by atoms with Gasteiger partial charge in [0, 0.05) is 37.5 Å². The van der Waals surface area contributed by atoms with Gasteiger partial charge in [0.05, 0.1) is 17.5 Å². The number of nitrogens with one attached hydrogen (secondary N) is 3. The minimum atomic E-state index is -0.0699. The van der Waals surface area contributed by atoms with Crippen LogP contribution in [-0.2, 0) is 4.79 Å². The van der Waals surface area contributed by atoms with Gasteiger partial charge in [0.1, 0.15) is 0 Å². The minimum Gasteiger partial charge on any atom is -0.347 e. The maximum Gasteiger partial charge on any atom is 0.255 e. The number of piperidine rings is 1. The molecule has 1 aromatic heterocycles. The molecule has 4 rings (SSSR count). The first-order valence-corrected chi connectivity index (χ1v) is 10.1. The molecule has 142 valence electrons. The molecule has 0 spiro atoms. The van der Waals surface area contributed by atoms with Gasteiger partial charge in [-0.2, -0.15) is 5.10 Å². The Bertz CT molecular complexity index is 646. The third-order valence-corrected chi connectivity index (χ3v) is 6.16. The normalized spacial score (nSPS) is 27.0. The molecule has 3 heterocycles. The number of H-pyrrole nitrogens is 1. The fourth-order valence-corrected chi connectivity index (χ4v) is 4.66. The molecule has 3 fully saturated rings. The summed E-state index contributed by atoms with van der Waals surface area (Å²) in [6, 6.07) is 0.0417. The molecule has 1 aliphatic carbocycles. The van der Waals surface area contributed by atoms with Crippen molar-refractivity contribution in [3.8, 4) is 0 Å². The van der Waals surface area contributed by atoms with Crippen LogP contribution < -0.4 is 10.6 Å². The first-order valence-electron chi connectivity index (χ1n) is 10.1. The Kier molecular flexibility index (Phi) is 5.24. The highest BCUT2D eigenvalue weighted by Crippen LogP contribution is 2.28. The van der Waals surface area contributed by atoms with Crippen LogP contribution in [0.4, 0.5) is 0 Å². The SMILES string of the molecule is O=C(NC1CCN(C(=O)C2CCCC2)C1)c1cn[nH]c1C1CCCNC1. The van der Waals surface area contributed by atoms with Crippen molar-refractivity contribution in [3.63, 3.8) is 0 Å². The van der Waals surface area contributed by atoms with Gasteiger partial charge in [-0.05, 0) is 38.6 Å². The van der Waals surface area contributed by atoms with Crippen molar-refractivity contribution in [1.82, 2.24) is 25.7 Å². The monoisotopic (exact) mass is 359 g/mol. The van der Waals surface area contributed by atoms with E-state index < -0.39 is 0 Å². The summed E-state index contributed by atoms with van der Waals surface area (Å²) < 4.78 is 0. The van der Waals surface area contributed by atoms with Gasteiger partial charge < -0.3 is 15.5 Å². The fraction of sp³-hybridized carbons (Fsp3) is 0.737. The van der Waals surface area contributed by atoms with Crippen LogP contribution in [0, 0.1) is 5.92 Å². The highest BCUT2D eigenvalue weighted by Gasteiger charge is 2.33. The number of rotatable bonds is 4. The second kappa shape index (κ2) is 7.78. The molecule has 7 nitrogen and oxygen atoms in total. The van der Waals surface area contributed by atoms with E-state index in [4.69, 9.17) is 0 Å². The van der Waals surface area contributed by atoms with E-state index in [2.05, 4.69) is 20.8 Å². The van der Waals surface area contributed by atoms with Gasteiger partial charge in [0.15, 0.2) is 0 Å². The van der Waals surface area contributed by atoms with Crippen LogP contribution in [0.3, 0.4) is 0 Å². The lowest BCUT2D eigenvalue weighted by Crippen LogP contribution is -2.40. The Morgan fingerprint density at radius 2 is 2.00 bits per heavy atom. The number of carbonyl (C=O) groups is 2. The number of carbonyl (C=O) groups excluding carboxylic acids is 2.